The van der Waals surface area contributed by atoms with E-state index in [0.717, 1.165) is 12.0 Å². The number of aliphatic hydroxyl groups is 1. The second-order valence-electron chi connectivity index (χ2n) is 8.21. The van der Waals surface area contributed by atoms with E-state index >= 15 is 0 Å². The molecule has 0 spiro atoms. The number of carbonyl (C=O) groups excluding carboxylic acids is 5. The predicted molar refractivity (Wildman–Crippen MR) is 180 cm³/mol. The van der Waals surface area contributed by atoms with Crippen LogP contribution in [-0.2, 0) is 58.8 Å². The van der Waals surface area contributed by atoms with Crippen molar-refractivity contribution in [1.29, 1.82) is 15.8 Å². The molecule has 1 aliphatic heterocycles. The van der Waals surface area contributed by atoms with Crippen LogP contribution in [0.1, 0.15) is 42.1 Å². The summed E-state index contributed by atoms with van der Waals surface area (Å²) in [7, 11) is 0. The van der Waals surface area contributed by atoms with E-state index in [1.165, 1.54) is 0 Å². The van der Waals surface area contributed by atoms with Crippen LogP contribution in [0.4, 0.5) is 11.6 Å². The molecule has 1 aromatic rings. The third-order valence-corrected chi connectivity index (χ3v) is 4.95. The van der Waals surface area contributed by atoms with Crippen molar-refractivity contribution < 1.29 is 110 Å². The van der Waals surface area contributed by atoms with Gasteiger partial charge in [0, 0.05) is 17.8 Å². The fourth-order valence-corrected chi connectivity index (χ4v) is 2.78. The number of aliphatic hydroxyl groups excluding tert-OH is 1. The molecule has 1 saturated heterocycles. The average Bonchev–Trinajstić information content (AvgIpc) is 3.75. The third-order valence-electron chi connectivity index (χ3n) is 4.95. The first-order valence-electron chi connectivity index (χ1n) is 14.5. The summed E-state index contributed by atoms with van der Waals surface area (Å²) in [5, 5.41) is 40.4. The number of nitrogens with zero attached hydrogens (tertiary/aromatic N) is 4. The van der Waals surface area contributed by atoms with Crippen molar-refractivity contribution in [2.75, 3.05) is 64.3 Å². The van der Waals surface area contributed by atoms with Crippen molar-refractivity contribution in [3.05, 3.63) is 39.8 Å². The summed E-state index contributed by atoms with van der Waals surface area (Å²) in [6.45, 7) is 7.85. The van der Waals surface area contributed by atoms with Gasteiger partial charge in [-0.3, -0.25) is 5.10 Å². The van der Waals surface area contributed by atoms with Crippen LogP contribution in [0.3, 0.4) is 0 Å². The zero-order valence-electron chi connectivity index (χ0n) is 30.5. The Morgan fingerprint density at radius 3 is 1.64 bits per heavy atom. The van der Waals surface area contributed by atoms with Gasteiger partial charge >= 0.3 is 81.4 Å². The molecule has 0 amide bonds. The molecule has 2 rings (SSSR count). The summed E-state index contributed by atoms with van der Waals surface area (Å²) in [5.74, 6) is -1.53. The van der Waals surface area contributed by atoms with Crippen molar-refractivity contribution >= 4 is 35.7 Å². The Morgan fingerprint density at radius 1 is 0.868 bits per heavy atom. The number of hydrogen-bond donors (Lipinski definition) is 7. The molecule has 0 atom stereocenters. The van der Waals surface area contributed by atoms with E-state index in [1.54, 1.807) is 39.0 Å². The first-order valence-corrected chi connectivity index (χ1v) is 14.5. The quantitative estimate of drug-likeness (QED) is 0.0282. The van der Waals surface area contributed by atoms with Crippen LogP contribution < -0.4 is 80.1 Å². The average molecular weight is 779 g/mol. The molecule has 0 radical (unpaired) electrons. The molecule has 0 aromatic carbocycles. The number of nitrogens with one attached hydrogen (secondary N) is 1. The summed E-state index contributed by atoms with van der Waals surface area (Å²) >= 11 is 0. The maximum atomic E-state index is 11.1. The van der Waals surface area contributed by atoms with Crippen molar-refractivity contribution in [2.24, 2.45) is 17.2 Å². The Bertz CT molecular complexity index is 1500. The van der Waals surface area contributed by atoms with Gasteiger partial charge in [-0.15, -0.1) is 0 Å². The fourth-order valence-electron chi connectivity index (χ4n) is 2.78. The van der Waals surface area contributed by atoms with Crippen LogP contribution in [0.2, 0.25) is 0 Å². The number of nitrogen functional groups attached to an aromatic ring is 2. The smallest absolute Gasteiger partial charge is 1.00 e. The predicted octanol–water partition coefficient (Wildman–Crippen LogP) is -3.87. The maximum Gasteiger partial charge on any atom is 1.00 e. The molecule has 23 heteroatoms. The Kier molecular flexibility index (Phi) is 39.5. The molecule has 22 nitrogen and oxygen atoms in total. The summed E-state index contributed by atoms with van der Waals surface area (Å²) < 4.78 is 28.3. The van der Waals surface area contributed by atoms with Gasteiger partial charge in [-0.1, -0.05) is 14.4 Å². The van der Waals surface area contributed by atoms with E-state index in [4.69, 9.17) is 73.4 Å². The van der Waals surface area contributed by atoms with Gasteiger partial charge in [0.05, 0.1) is 26.4 Å². The zero-order valence-corrected chi connectivity index (χ0v) is 32.6. The summed E-state index contributed by atoms with van der Waals surface area (Å²) in [6, 6.07) is 4.89. The van der Waals surface area contributed by atoms with Crippen molar-refractivity contribution in [1.82, 2.24) is 10.2 Å². The van der Waals surface area contributed by atoms with Crippen LogP contribution in [0.25, 0.3) is 0 Å². The fraction of sp³-hybridized carbons (Fsp3) is 0.467. The number of carbonyl (C=O) groups is 3. The number of esters is 3. The van der Waals surface area contributed by atoms with Crippen molar-refractivity contribution in [3.63, 3.8) is 0 Å². The van der Waals surface area contributed by atoms with Gasteiger partial charge in [0.25, 0.3) is 0 Å². The third kappa shape index (κ3) is 24.6. The number of H-pyrrole nitrogens is 1. The monoisotopic (exact) mass is 778 g/mol. The summed E-state index contributed by atoms with van der Waals surface area (Å²) in [6.07, 6.45) is 1.08. The minimum absolute atomic E-state index is 0. The first kappa shape index (κ1) is 57.2. The van der Waals surface area contributed by atoms with E-state index < -0.39 is 17.9 Å². The first-order chi connectivity index (χ1) is 24.3. The Balaban J connectivity index is -0.000000137. The normalized spacial score (nSPS) is 10.8. The molecule has 1 fully saturated rings. The number of hydrogen-bond acceptors (Lipinski definition) is 21. The topological polar surface area (TPSA) is 391 Å². The SMILES string of the molecule is C.CCOC(=O)/C(C#N)=C(\N)CN.CCOC(=O)/C(C#N)=C(\N)OCCO.CCOC(=O)C(C#N)=C1OCCO1.CCc1c(N)n[nH]c1N.O=C=O.[H-].[K+]. The standard InChI is InChI=1S/C8H12N2O4.C8H9NO4.C7H11N3O2.C5H10N4.CO2.CH4.K.H/c1-2-13-8(12)6(5-9)7(10)14-4-3-11;1-2-11-7(10)6(5-9)8-12-3-4-13-8;1-2-12-7(11)5(3-8)6(10)4-9;1-2-3-4(6)8-9-5(3)7;2-1-3;;;/h11H,2-4,10H2,1H3;2-4H2,1H3;2,4,9-10H2,1H3;2H2,1H3,(H5,6,7,8,9);;1H4;;/q;;;;;;+1;-1/b7-6+;;6-5-;;;;;. The molecular weight excluding hydrogens is 731 g/mol. The number of rotatable bonds is 11. The van der Waals surface area contributed by atoms with Gasteiger partial charge in [0.2, 0.25) is 11.5 Å². The number of nitriles is 3. The minimum atomic E-state index is -0.828. The van der Waals surface area contributed by atoms with E-state index in [1.807, 2.05) is 6.92 Å². The second kappa shape index (κ2) is 36.6. The number of aromatic nitrogens is 2. The van der Waals surface area contributed by atoms with Gasteiger partial charge < -0.3 is 63.6 Å². The Labute approximate surface area is 350 Å². The number of ether oxygens (including phenoxy) is 6. The number of nitrogens with two attached hydrogens (primary N) is 5. The maximum absolute atomic E-state index is 11.1. The molecule has 290 valence electrons. The molecular formula is C30H47KN10O12. The number of aromatic amines is 1. The van der Waals surface area contributed by atoms with Gasteiger partial charge in [0.1, 0.15) is 43.8 Å². The molecule has 12 N–H and O–H groups in total. The molecule has 1 aromatic heterocycles. The van der Waals surface area contributed by atoms with Crippen molar-refractivity contribution in [3.8, 4) is 18.2 Å². The summed E-state index contributed by atoms with van der Waals surface area (Å²) in [5.41, 5.74) is 26.7. The van der Waals surface area contributed by atoms with Crippen molar-refractivity contribution in [2.45, 2.75) is 41.5 Å². The van der Waals surface area contributed by atoms with E-state index in [0.29, 0.717) is 24.8 Å². The molecule has 0 saturated carbocycles. The molecule has 0 unspecified atom stereocenters. The second-order valence-corrected chi connectivity index (χ2v) is 8.21. The van der Waals surface area contributed by atoms with Gasteiger partial charge in [-0.25, -0.2) is 14.4 Å². The number of anilines is 2. The van der Waals surface area contributed by atoms with Gasteiger partial charge in [-0.2, -0.15) is 30.5 Å². The Hall–Kier alpha value is -5.15. The van der Waals surface area contributed by atoms with Crippen LogP contribution in [0.15, 0.2) is 34.2 Å². The molecule has 0 bridgehead atoms. The van der Waals surface area contributed by atoms with Gasteiger partial charge in [0.15, 0.2) is 17.0 Å². The minimum Gasteiger partial charge on any atom is -1.00 e. The van der Waals surface area contributed by atoms with Crippen LogP contribution in [0, 0.1) is 34.0 Å². The van der Waals surface area contributed by atoms with Crippen LogP contribution in [0.5, 0.6) is 0 Å². The molecule has 2 heterocycles. The van der Waals surface area contributed by atoms with Crippen LogP contribution in [-0.4, -0.2) is 92.2 Å². The molecule has 0 aliphatic carbocycles. The van der Waals surface area contributed by atoms with Gasteiger partial charge in [-0.05, 0) is 27.2 Å². The van der Waals surface area contributed by atoms with E-state index in [2.05, 4.69) is 24.4 Å². The zero-order chi connectivity index (χ0) is 39.8. The molecule has 1 aliphatic rings. The Morgan fingerprint density at radius 2 is 1.32 bits per heavy atom. The summed E-state index contributed by atoms with van der Waals surface area (Å²) in [4.78, 5) is 49.3. The van der Waals surface area contributed by atoms with Crippen LogP contribution >= 0.6 is 0 Å². The largest absolute Gasteiger partial charge is 1.00 e. The van der Waals surface area contributed by atoms with E-state index in [9.17, 15) is 14.4 Å². The van der Waals surface area contributed by atoms with E-state index in [-0.39, 0.29) is 140 Å². The molecule has 53 heavy (non-hydrogen) atoms.